The molecule has 1 aliphatic rings. The number of sulfone groups is 1. The number of amides is 2. The molecule has 0 aliphatic carbocycles. The number of primary amides is 1. The molecule has 0 radical (unpaired) electrons. The van der Waals surface area contributed by atoms with Crippen LogP contribution in [-0.2, 0) is 21.2 Å². The van der Waals surface area contributed by atoms with E-state index >= 15 is 0 Å². The molecule has 0 saturated carbocycles. The number of piperidine rings is 1. The van der Waals surface area contributed by atoms with E-state index in [-0.39, 0.29) is 24.5 Å². The minimum Gasteiger partial charge on any atom is -0.489 e. The second-order valence-corrected chi connectivity index (χ2v) is 9.70. The number of carbonyl (C=O) groups is 2. The van der Waals surface area contributed by atoms with Gasteiger partial charge >= 0.3 is 12.0 Å². The molecule has 0 bridgehead atoms. The molecule has 1 saturated heterocycles. The Bertz CT molecular complexity index is 1090. The van der Waals surface area contributed by atoms with Gasteiger partial charge in [0.25, 0.3) is 0 Å². The lowest BCUT2D eigenvalue weighted by atomic mass is 9.92. The summed E-state index contributed by atoms with van der Waals surface area (Å²) < 4.78 is 31.8. The van der Waals surface area contributed by atoms with Gasteiger partial charge in [-0.05, 0) is 36.8 Å². The van der Waals surface area contributed by atoms with E-state index < -0.39 is 39.2 Å². The van der Waals surface area contributed by atoms with Gasteiger partial charge in [0.05, 0.1) is 11.4 Å². The maximum atomic E-state index is 13.1. The zero-order valence-corrected chi connectivity index (χ0v) is 17.8. The molecule has 9 nitrogen and oxygen atoms in total. The molecule has 1 heterocycles. The number of nitrogens with two attached hydrogens (primary N) is 1. The monoisotopic (exact) mass is 468 g/mol. The first kappa shape index (κ1) is 22.9. The summed E-state index contributed by atoms with van der Waals surface area (Å²) in [5.41, 5.74) is 3.23. The Morgan fingerprint density at radius 1 is 1.19 bits per heavy atom. The van der Waals surface area contributed by atoms with Crippen molar-refractivity contribution in [1.82, 2.24) is 4.90 Å². The van der Waals surface area contributed by atoms with E-state index in [9.17, 15) is 28.2 Å². The average molecular weight is 469 g/mol. The summed E-state index contributed by atoms with van der Waals surface area (Å²) in [6, 6.07) is 11.6. The topological polar surface area (TPSA) is 147 Å². The maximum absolute atomic E-state index is 13.1. The van der Waals surface area contributed by atoms with Gasteiger partial charge in [-0.25, -0.2) is 18.0 Å². The fraction of sp³-hybridized carbons (Fsp3) is 0.300. The summed E-state index contributed by atoms with van der Waals surface area (Å²) in [7, 11) is -4.24. The van der Waals surface area contributed by atoms with Crippen molar-refractivity contribution in [2.24, 2.45) is 5.73 Å². The van der Waals surface area contributed by atoms with Gasteiger partial charge in [0.2, 0.25) is 0 Å². The molecule has 31 heavy (non-hydrogen) atoms. The third-order valence-electron chi connectivity index (χ3n) is 5.19. The van der Waals surface area contributed by atoms with E-state index in [4.69, 9.17) is 22.1 Å². The number of aliphatic hydroxyl groups is 1. The lowest BCUT2D eigenvalue weighted by Crippen LogP contribution is -2.65. The lowest BCUT2D eigenvalue weighted by molar-refractivity contribution is -0.162. The number of carboxylic acid groups (broad SMARTS) is 1. The largest absolute Gasteiger partial charge is 0.489 e. The van der Waals surface area contributed by atoms with Crippen LogP contribution in [-0.4, -0.2) is 59.5 Å². The zero-order valence-electron chi connectivity index (χ0n) is 16.3. The molecular formula is C20H21ClN2O7S. The molecule has 0 spiro atoms. The first-order chi connectivity index (χ1) is 14.6. The molecule has 11 heteroatoms. The molecule has 2 unspecified atom stereocenters. The molecule has 3 rings (SSSR count). The van der Waals surface area contributed by atoms with Gasteiger partial charge in [0, 0.05) is 17.1 Å². The highest BCUT2D eigenvalue weighted by Gasteiger charge is 2.55. The van der Waals surface area contributed by atoms with Crippen molar-refractivity contribution in [2.75, 3.05) is 13.1 Å². The molecule has 1 aliphatic heterocycles. The van der Waals surface area contributed by atoms with Gasteiger partial charge < -0.3 is 25.6 Å². The van der Waals surface area contributed by atoms with Gasteiger partial charge in [0.15, 0.2) is 15.4 Å². The molecule has 2 amide bonds. The van der Waals surface area contributed by atoms with Crippen molar-refractivity contribution < 1.29 is 33.0 Å². The van der Waals surface area contributed by atoms with E-state index in [1.807, 2.05) is 6.07 Å². The zero-order chi connectivity index (χ0) is 22.8. The molecule has 2 aromatic carbocycles. The van der Waals surface area contributed by atoms with E-state index in [2.05, 4.69) is 0 Å². The summed E-state index contributed by atoms with van der Waals surface area (Å²) in [5, 5.41) is 19.0. The van der Waals surface area contributed by atoms with E-state index in [1.165, 1.54) is 24.3 Å². The van der Waals surface area contributed by atoms with Gasteiger partial charge in [-0.3, -0.25) is 0 Å². The van der Waals surface area contributed by atoms with Crippen LogP contribution in [0.5, 0.6) is 5.75 Å². The lowest BCUT2D eigenvalue weighted by Gasteiger charge is -2.40. The van der Waals surface area contributed by atoms with Crippen LogP contribution in [0.1, 0.15) is 12.0 Å². The molecule has 4 N–H and O–H groups in total. The van der Waals surface area contributed by atoms with E-state index in [0.717, 1.165) is 10.5 Å². The summed E-state index contributed by atoms with van der Waals surface area (Å²) in [6.45, 7) is -0.634. The minimum atomic E-state index is -4.24. The number of carbonyl (C=O) groups excluding carboxylic acids is 1. The van der Waals surface area contributed by atoms with E-state index in [0.29, 0.717) is 10.8 Å². The number of ether oxygens (including phenoxy) is 1. The molecule has 0 aromatic heterocycles. The van der Waals surface area contributed by atoms with Gasteiger partial charge in [-0.15, -0.1) is 0 Å². The van der Waals surface area contributed by atoms with Gasteiger partial charge in [0.1, 0.15) is 17.6 Å². The Labute approximate surface area is 183 Å². The standard InChI is InChI=1S/C20H21ClN2O7S/c21-16-4-2-1-3-13(16)11-30-14-5-7-15(8-6-14)31(28,29)17-9-10-23(19(22)26)12-20(17,27)18(24)25/h1-8,17,27H,9-12H2,(H2,22,26)(H,24,25). The first-order valence-corrected chi connectivity index (χ1v) is 11.2. The number of hydrogen-bond acceptors (Lipinski definition) is 6. The number of hydrogen-bond donors (Lipinski definition) is 3. The normalized spacial score (nSPS) is 21.5. The first-order valence-electron chi connectivity index (χ1n) is 9.26. The highest BCUT2D eigenvalue weighted by molar-refractivity contribution is 7.92. The predicted molar refractivity (Wildman–Crippen MR) is 112 cm³/mol. The van der Waals surface area contributed by atoms with Gasteiger partial charge in [-0.1, -0.05) is 29.8 Å². The number of benzene rings is 2. The van der Waals surface area contributed by atoms with E-state index in [1.54, 1.807) is 18.2 Å². The summed E-state index contributed by atoms with van der Waals surface area (Å²) >= 11 is 6.08. The smallest absolute Gasteiger partial charge is 0.338 e. The van der Waals surface area contributed by atoms with Crippen molar-refractivity contribution in [2.45, 2.75) is 28.8 Å². The molecular weight excluding hydrogens is 448 g/mol. The Morgan fingerprint density at radius 3 is 2.42 bits per heavy atom. The molecule has 2 atom stereocenters. The third-order valence-corrected chi connectivity index (χ3v) is 7.86. The minimum absolute atomic E-state index is 0.0894. The van der Waals surface area contributed by atoms with Gasteiger partial charge in [-0.2, -0.15) is 0 Å². The second-order valence-electron chi connectivity index (χ2n) is 7.16. The van der Waals surface area contributed by atoms with Crippen LogP contribution in [0.3, 0.4) is 0 Å². The number of likely N-dealkylation sites (tertiary alicyclic amines) is 1. The fourth-order valence-electron chi connectivity index (χ4n) is 3.46. The molecule has 2 aromatic rings. The summed E-state index contributed by atoms with van der Waals surface area (Å²) in [6.07, 6.45) is -0.279. The third kappa shape index (κ3) is 4.60. The van der Waals surface area contributed by atoms with Crippen LogP contribution in [0, 0.1) is 0 Å². The number of rotatable bonds is 6. The number of β-amino-alcohol motifs (C(OH)–C–C–N with tert-alkyl or cyclic N) is 1. The highest BCUT2D eigenvalue weighted by atomic mass is 35.5. The Morgan fingerprint density at radius 2 is 1.84 bits per heavy atom. The quantitative estimate of drug-likeness (QED) is 0.584. The van der Waals surface area contributed by atoms with Crippen LogP contribution >= 0.6 is 11.6 Å². The van der Waals surface area contributed by atoms with Crippen LogP contribution in [0.25, 0.3) is 0 Å². The number of carboxylic acids is 1. The van der Waals surface area contributed by atoms with Crippen molar-refractivity contribution in [1.29, 1.82) is 0 Å². The Balaban J connectivity index is 1.80. The Kier molecular flexibility index (Phi) is 6.44. The number of urea groups is 1. The highest BCUT2D eigenvalue weighted by Crippen LogP contribution is 2.33. The average Bonchev–Trinajstić information content (AvgIpc) is 2.73. The predicted octanol–water partition coefficient (Wildman–Crippen LogP) is 1.66. The fourth-order valence-corrected chi connectivity index (χ4v) is 5.59. The van der Waals surface area contributed by atoms with Crippen LogP contribution in [0.4, 0.5) is 4.79 Å². The second kappa shape index (κ2) is 8.74. The maximum Gasteiger partial charge on any atom is 0.338 e. The van der Waals surface area contributed by atoms with Crippen molar-refractivity contribution >= 4 is 33.4 Å². The van der Waals surface area contributed by atoms with Crippen LogP contribution in [0.15, 0.2) is 53.4 Å². The number of nitrogens with zero attached hydrogens (tertiary/aromatic N) is 1. The van der Waals surface area contributed by atoms with Crippen molar-refractivity contribution in [3.8, 4) is 5.75 Å². The molecule has 1 fully saturated rings. The Hall–Kier alpha value is -2.82. The summed E-state index contributed by atoms with van der Waals surface area (Å²) in [5.74, 6) is -1.36. The van der Waals surface area contributed by atoms with Crippen molar-refractivity contribution in [3.05, 3.63) is 59.1 Å². The molecule has 166 valence electrons. The van der Waals surface area contributed by atoms with Crippen molar-refractivity contribution in [3.63, 3.8) is 0 Å². The number of aliphatic carboxylic acids is 1. The number of halogens is 1. The SMILES string of the molecule is NC(=O)N1CCC(S(=O)(=O)c2ccc(OCc3ccccc3Cl)cc2)C(O)(C(=O)O)C1. The van der Waals surface area contributed by atoms with Crippen LogP contribution < -0.4 is 10.5 Å². The summed E-state index contributed by atoms with van der Waals surface area (Å²) in [4.78, 5) is 23.8. The van der Waals surface area contributed by atoms with Crippen LogP contribution in [0.2, 0.25) is 5.02 Å².